The molecular formula is C17H24N2O3. The normalized spacial score (nSPS) is 17.0. The number of nitrogens with two attached hydrogens (primary N) is 1. The van der Waals surface area contributed by atoms with Crippen molar-refractivity contribution in [3.63, 3.8) is 0 Å². The number of aromatic nitrogens is 1. The minimum atomic E-state index is -0.431. The van der Waals surface area contributed by atoms with E-state index in [4.69, 9.17) is 5.73 Å². The molecule has 1 aliphatic carbocycles. The maximum absolute atomic E-state index is 12.2. The minimum absolute atomic E-state index is 0.0175. The number of ketones is 1. The quantitative estimate of drug-likeness (QED) is 0.815. The molecule has 1 aromatic heterocycles. The lowest BCUT2D eigenvalue weighted by atomic mass is 9.84. The van der Waals surface area contributed by atoms with Crippen molar-refractivity contribution >= 4 is 11.8 Å². The van der Waals surface area contributed by atoms with E-state index in [1.54, 1.807) is 12.1 Å². The Kier molecular flexibility index (Phi) is 6.07. The topological polar surface area (TPSA) is 82.3 Å². The lowest BCUT2D eigenvalue weighted by molar-refractivity contribution is -0.120. The van der Waals surface area contributed by atoms with E-state index in [0.717, 1.165) is 6.42 Å². The standard InChI is InChI=1S/C17H24N2O3/c1-22-17(21)13-7-8-14(19-11-13)10-16(20)15(18)9-12-5-3-2-4-6-12/h7-8,11-12,15H,2-6,9-10,18H2,1H3. The molecule has 2 rings (SSSR count). The average Bonchev–Trinajstić information content (AvgIpc) is 2.55. The second-order valence-electron chi connectivity index (χ2n) is 6.02. The molecule has 0 aliphatic heterocycles. The number of carbonyl (C=O) groups is 2. The number of ether oxygens (including phenoxy) is 1. The zero-order valence-corrected chi connectivity index (χ0v) is 13.1. The first-order valence-corrected chi connectivity index (χ1v) is 7.91. The van der Waals surface area contributed by atoms with Crippen molar-refractivity contribution in [1.82, 2.24) is 4.98 Å². The molecule has 0 radical (unpaired) electrons. The van der Waals surface area contributed by atoms with Crippen molar-refractivity contribution in [2.75, 3.05) is 7.11 Å². The van der Waals surface area contributed by atoms with Gasteiger partial charge in [0.2, 0.25) is 0 Å². The van der Waals surface area contributed by atoms with E-state index in [-0.39, 0.29) is 12.2 Å². The van der Waals surface area contributed by atoms with E-state index in [2.05, 4.69) is 9.72 Å². The third-order valence-electron chi connectivity index (χ3n) is 4.33. The maximum atomic E-state index is 12.2. The molecule has 0 amide bonds. The Morgan fingerprint density at radius 2 is 2.05 bits per heavy atom. The molecule has 120 valence electrons. The summed E-state index contributed by atoms with van der Waals surface area (Å²) in [5.74, 6) is 0.172. The summed E-state index contributed by atoms with van der Waals surface area (Å²) in [6.45, 7) is 0. The molecule has 1 unspecified atom stereocenters. The first-order valence-electron chi connectivity index (χ1n) is 7.91. The van der Waals surface area contributed by atoms with Crippen molar-refractivity contribution < 1.29 is 14.3 Å². The molecule has 0 bridgehead atoms. The Bertz CT molecular complexity index is 507. The summed E-state index contributed by atoms with van der Waals surface area (Å²) in [5, 5.41) is 0. The highest BCUT2D eigenvalue weighted by molar-refractivity contribution is 5.89. The van der Waals surface area contributed by atoms with Crippen LogP contribution >= 0.6 is 0 Å². The Hall–Kier alpha value is -1.75. The predicted molar refractivity (Wildman–Crippen MR) is 83.5 cm³/mol. The molecule has 1 aromatic rings. The van der Waals surface area contributed by atoms with Crippen LogP contribution in [0.5, 0.6) is 0 Å². The van der Waals surface area contributed by atoms with E-state index >= 15 is 0 Å². The number of pyridine rings is 1. The smallest absolute Gasteiger partial charge is 0.339 e. The summed E-state index contributed by atoms with van der Waals surface area (Å²) in [6.07, 6.45) is 8.61. The summed E-state index contributed by atoms with van der Waals surface area (Å²) in [4.78, 5) is 27.7. The summed E-state index contributed by atoms with van der Waals surface area (Å²) in [7, 11) is 1.32. The van der Waals surface area contributed by atoms with Gasteiger partial charge in [-0.3, -0.25) is 9.78 Å². The van der Waals surface area contributed by atoms with E-state index < -0.39 is 12.0 Å². The third-order valence-corrected chi connectivity index (χ3v) is 4.33. The average molecular weight is 304 g/mol. The number of rotatable bonds is 6. The number of nitrogens with zero attached hydrogens (tertiary/aromatic N) is 1. The summed E-state index contributed by atoms with van der Waals surface area (Å²) >= 11 is 0. The fourth-order valence-electron chi connectivity index (χ4n) is 2.99. The van der Waals surface area contributed by atoms with Crippen LogP contribution in [0.1, 0.15) is 54.6 Å². The highest BCUT2D eigenvalue weighted by Gasteiger charge is 2.21. The first kappa shape index (κ1) is 16.6. The highest BCUT2D eigenvalue weighted by Crippen LogP contribution is 2.27. The molecule has 2 N–H and O–H groups in total. The minimum Gasteiger partial charge on any atom is -0.465 e. The summed E-state index contributed by atoms with van der Waals surface area (Å²) < 4.78 is 4.61. The highest BCUT2D eigenvalue weighted by atomic mass is 16.5. The lowest BCUT2D eigenvalue weighted by Gasteiger charge is -2.23. The summed E-state index contributed by atoms with van der Waals surface area (Å²) in [6, 6.07) is 2.89. The largest absolute Gasteiger partial charge is 0.465 e. The van der Waals surface area contributed by atoms with Crippen LogP contribution in [0.15, 0.2) is 18.3 Å². The zero-order chi connectivity index (χ0) is 15.9. The number of methoxy groups -OCH3 is 1. The molecule has 1 saturated carbocycles. The van der Waals surface area contributed by atoms with E-state index in [1.807, 2.05) is 0 Å². The van der Waals surface area contributed by atoms with Crippen LogP contribution in [-0.4, -0.2) is 29.9 Å². The monoisotopic (exact) mass is 304 g/mol. The fourth-order valence-corrected chi connectivity index (χ4v) is 2.99. The second kappa shape index (κ2) is 8.03. The van der Waals surface area contributed by atoms with E-state index in [0.29, 0.717) is 17.2 Å². The Morgan fingerprint density at radius 1 is 1.32 bits per heavy atom. The van der Waals surface area contributed by atoms with Crippen molar-refractivity contribution in [2.24, 2.45) is 11.7 Å². The molecule has 0 spiro atoms. The van der Waals surface area contributed by atoms with Crippen LogP contribution in [-0.2, 0) is 16.0 Å². The Morgan fingerprint density at radius 3 is 2.64 bits per heavy atom. The molecule has 5 heteroatoms. The van der Waals surface area contributed by atoms with E-state index in [9.17, 15) is 9.59 Å². The van der Waals surface area contributed by atoms with Crippen LogP contribution in [0.4, 0.5) is 0 Å². The zero-order valence-electron chi connectivity index (χ0n) is 13.1. The second-order valence-corrected chi connectivity index (χ2v) is 6.02. The van der Waals surface area contributed by atoms with E-state index in [1.165, 1.54) is 45.4 Å². The van der Waals surface area contributed by atoms with Crippen molar-refractivity contribution in [2.45, 2.75) is 51.0 Å². The molecule has 1 atom stereocenters. The number of Topliss-reactive ketones (excluding diaryl/α,β-unsaturated/α-hetero) is 1. The van der Waals surface area contributed by atoms with Crippen molar-refractivity contribution in [3.8, 4) is 0 Å². The van der Waals surface area contributed by atoms with Crippen LogP contribution < -0.4 is 5.73 Å². The van der Waals surface area contributed by atoms with Gasteiger partial charge in [0.15, 0.2) is 5.78 Å². The molecule has 0 aromatic carbocycles. The van der Waals surface area contributed by atoms with Gasteiger partial charge in [-0.15, -0.1) is 0 Å². The predicted octanol–water partition coefficient (Wildman–Crippen LogP) is 2.28. The van der Waals surface area contributed by atoms with Gasteiger partial charge in [0.1, 0.15) is 0 Å². The van der Waals surface area contributed by atoms with Crippen LogP contribution in [0.2, 0.25) is 0 Å². The molecule has 22 heavy (non-hydrogen) atoms. The molecule has 0 saturated heterocycles. The Balaban J connectivity index is 1.86. The van der Waals surface area contributed by atoms with Gasteiger partial charge in [-0.25, -0.2) is 4.79 Å². The molecule has 1 aliphatic rings. The van der Waals surface area contributed by atoms with Gasteiger partial charge in [-0.05, 0) is 24.5 Å². The van der Waals surface area contributed by atoms with Gasteiger partial charge in [0, 0.05) is 11.9 Å². The van der Waals surface area contributed by atoms with Crippen LogP contribution in [0.25, 0.3) is 0 Å². The van der Waals surface area contributed by atoms with Crippen molar-refractivity contribution in [1.29, 1.82) is 0 Å². The van der Waals surface area contributed by atoms with Gasteiger partial charge in [0.05, 0.1) is 25.1 Å². The number of hydrogen-bond acceptors (Lipinski definition) is 5. The molecular weight excluding hydrogens is 280 g/mol. The fraction of sp³-hybridized carbons (Fsp3) is 0.588. The van der Waals surface area contributed by atoms with Gasteiger partial charge in [0.25, 0.3) is 0 Å². The third kappa shape index (κ3) is 4.63. The Labute approximate surface area is 131 Å². The molecule has 1 fully saturated rings. The SMILES string of the molecule is COC(=O)c1ccc(CC(=O)C(N)CC2CCCCC2)nc1. The first-order chi connectivity index (χ1) is 10.6. The van der Waals surface area contributed by atoms with Crippen molar-refractivity contribution in [3.05, 3.63) is 29.6 Å². The van der Waals surface area contributed by atoms with Gasteiger partial charge < -0.3 is 10.5 Å². The molecule has 1 heterocycles. The van der Waals surface area contributed by atoms with Crippen LogP contribution in [0.3, 0.4) is 0 Å². The maximum Gasteiger partial charge on any atom is 0.339 e. The van der Waals surface area contributed by atoms with Gasteiger partial charge in [-0.2, -0.15) is 0 Å². The van der Waals surface area contributed by atoms with Crippen LogP contribution in [0, 0.1) is 5.92 Å². The lowest BCUT2D eigenvalue weighted by Crippen LogP contribution is -2.34. The summed E-state index contributed by atoms with van der Waals surface area (Å²) in [5.41, 5.74) is 7.06. The van der Waals surface area contributed by atoms with Gasteiger partial charge >= 0.3 is 5.97 Å². The van der Waals surface area contributed by atoms with Gasteiger partial charge in [-0.1, -0.05) is 32.1 Å². The molecule has 5 nitrogen and oxygen atoms in total. The number of hydrogen-bond donors (Lipinski definition) is 1. The number of carbonyl (C=O) groups excluding carboxylic acids is 2. The number of esters is 1.